The van der Waals surface area contributed by atoms with Crippen LogP contribution in [0.3, 0.4) is 0 Å². The van der Waals surface area contributed by atoms with Crippen molar-refractivity contribution in [3.05, 3.63) is 54.5 Å². The second-order valence-corrected chi connectivity index (χ2v) is 7.30. The van der Waals surface area contributed by atoms with Crippen molar-refractivity contribution >= 4 is 34.2 Å². The van der Waals surface area contributed by atoms with Crippen molar-refractivity contribution < 1.29 is 9.53 Å². The summed E-state index contributed by atoms with van der Waals surface area (Å²) in [5.41, 5.74) is 13.3. The molecule has 170 valence electrons. The normalized spacial score (nSPS) is 14.7. The van der Waals surface area contributed by atoms with Crippen LogP contribution in [0.1, 0.15) is 24.0 Å². The van der Waals surface area contributed by atoms with E-state index in [0.717, 1.165) is 35.9 Å². The number of ether oxygens (including phenoxy) is 1. The number of amides is 1. The van der Waals surface area contributed by atoms with E-state index in [1.54, 1.807) is 13.3 Å². The van der Waals surface area contributed by atoms with Crippen LogP contribution in [-0.2, 0) is 9.53 Å². The number of aromatic amines is 1. The lowest BCUT2D eigenvalue weighted by molar-refractivity contribution is -0.127. The standard InChI is InChI=1S/C14H11N7.C9H15NO2/c15-10(12-13(16)18-7-19-14(12)17)4-2-8-1-3-9-6-20-21-11(9)5-8;1-3-9(11)10-6-4-5-8(10)7-12-2/h1,3,5-7,15H,(H,20,21)(H4,16,17,18,19);3,8H,1,4-7H2,2H3. The first-order chi connectivity index (χ1) is 15.9. The molecule has 0 saturated carbocycles. The molecule has 3 heterocycles. The highest BCUT2D eigenvalue weighted by atomic mass is 16.5. The van der Waals surface area contributed by atoms with Gasteiger partial charge in [-0.3, -0.25) is 15.3 Å². The number of likely N-dealkylation sites (tertiary alicyclic amines) is 1. The summed E-state index contributed by atoms with van der Waals surface area (Å²) in [5, 5.41) is 15.8. The summed E-state index contributed by atoms with van der Waals surface area (Å²) in [6, 6.07) is 5.88. The number of aromatic nitrogens is 4. The van der Waals surface area contributed by atoms with Gasteiger partial charge in [-0.1, -0.05) is 12.5 Å². The van der Waals surface area contributed by atoms with Crippen molar-refractivity contribution in [3.8, 4) is 11.8 Å². The zero-order chi connectivity index (χ0) is 23.8. The second-order valence-electron chi connectivity index (χ2n) is 7.30. The molecular weight excluding hydrogens is 420 g/mol. The van der Waals surface area contributed by atoms with Crippen LogP contribution in [0.5, 0.6) is 0 Å². The molecule has 10 nitrogen and oxygen atoms in total. The van der Waals surface area contributed by atoms with Crippen LogP contribution in [0.15, 0.2) is 43.4 Å². The molecule has 1 amide bonds. The number of nitrogens with one attached hydrogen (secondary N) is 2. The maximum absolute atomic E-state index is 11.3. The number of fused-ring (bicyclic) bond motifs is 1. The first kappa shape index (κ1) is 23.4. The summed E-state index contributed by atoms with van der Waals surface area (Å²) in [6.45, 7) is 4.95. The van der Waals surface area contributed by atoms with E-state index in [1.807, 2.05) is 23.1 Å². The smallest absolute Gasteiger partial charge is 0.246 e. The van der Waals surface area contributed by atoms with Crippen molar-refractivity contribution in [2.24, 2.45) is 0 Å². The molecule has 4 rings (SSSR count). The SMILES string of the molecule is C=CC(=O)N1CCCC1COC.N=C(C#Cc1ccc2cn[nH]c2c1)c1c(N)ncnc1N. The maximum atomic E-state index is 11.3. The molecule has 10 heteroatoms. The molecule has 1 aliphatic rings. The molecule has 1 fully saturated rings. The number of nitrogen functional groups attached to an aromatic ring is 2. The van der Waals surface area contributed by atoms with Gasteiger partial charge >= 0.3 is 0 Å². The number of H-pyrrole nitrogens is 1. The van der Waals surface area contributed by atoms with Crippen LogP contribution in [-0.4, -0.2) is 63.0 Å². The first-order valence-electron chi connectivity index (χ1n) is 10.3. The van der Waals surface area contributed by atoms with Gasteiger partial charge in [0.2, 0.25) is 5.91 Å². The van der Waals surface area contributed by atoms with Crippen LogP contribution in [0.2, 0.25) is 0 Å². The molecule has 0 spiro atoms. The number of methoxy groups -OCH3 is 1. The van der Waals surface area contributed by atoms with E-state index in [0.29, 0.717) is 6.61 Å². The van der Waals surface area contributed by atoms with E-state index in [2.05, 4.69) is 38.6 Å². The zero-order valence-corrected chi connectivity index (χ0v) is 18.3. The topological polar surface area (TPSA) is 160 Å². The molecule has 0 radical (unpaired) electrons. The fourth-order valence-corrected chi connectivity index (χ4v) is 3.49. The Kier molecular flexibility index (Phi) is 7.73. The van der Waals surface area contributed by atoms with Crippen LogP contribution in [0, 0.1) is 17.3 Å². The Hall–Kier alpha value is -4.23. The quantitative estimate of drug-likeness (QED) is 0.270. The maximum Gasteiger partial charge on any atom is 0.246 e. The van der Waals surface area contributed by atoms with Gasteiger partial charge in [-0.25, -0.2) is 9.97 Å². The van der Waals surface area contributed by atoms with E-state index >= 15 is 0 Å². The summed E-state index contributed by atoms with van der Waals surface area (Å²) >= 11 is 0. The molecule has 0 bridgehead atoms. The number of hydrogen-bond donors (Lipinski definition) is 4. The summed E-state index contributed by atoms with van der Waals surface area (Å²) in [6.07, 6.45) is 6.48. The fraction of sp³-hybridized carbons (Fsp3) is 0.261. The highest BCUT2D eigenvalue weighted by Gasteiger charge is 2.26. The fourth-order valence-electron chi connectivity index (χ4n) is 3.49. The summed E-state index contributed by atoms with van der Waals surface area (Å²) < 4.78 is 5.02. The van der Waals surface area contributed by atoms with Crippen molar-refractivity contribution in [2.75, 3.05) is 31.7 Å². The van der Waals surface area contributed by atoms with Crippen molar-refractivity contribution in [1.29, 1.82) is 5.41 Å². The average molecular weight is 447 g/mol. The lowest BCUT2D eigenvalue weighted by atomic mass is 10.1. The molecule has 1 aromatic carbocycles. The highest BCUT2D eigenvalue weighted by Crippen LogP contribution is 2.17. The highest BCUT2D eigenvalue weighted by molar-refractivity contribution is 6.16. The number of carbonyl (C=O) groups is 1. The third kappa shape index (κ3) is 5.72. The van der Waals surface area contributed by atoms with Crippen molar-refractivity contribution in [3.63, 3.8) is 0 Å². The number of anilines is 2. The van der Waals surface area contributed by atoms with Gasteiger partial charge in [0, 0.05) is 24.6 Å². The van der Waals surface area contributed by atoms with E-state index in [9.17, 15) is 4.79 Å². The minimum atomic E-state index is -0.0182. The predicted molar refractivity (Wildman–Crippen MR) is 127 cm³/mol. The third-order valence-corrected chi connectivity index (χ3v) is 5.12. The lowest BCUT2D eigenvalue weighted by Crippen LogP contribution is -2.36. The number of nitrogens with zero attached hydrogens (tertiary/aromatic N) is 4. The Morgan fingerprint density at radius 3 is 2.85 bits per heavy atom. The van der Waals surface area contributed by atoms with Gasteiger partial charge in [-0.2, -0.15) is 5.10 Å². The molecule has 0 aliphatic carbocycles. The molecule has 1 aliphatic heterocycles. The molecule has 3 aromatic rings. The van der Waals surface area contributed by atoms with Gasteiger partial charge in [-0.15, -0.1) is 0 Å². The van der Waals surface area contributed by atoms with Crippen molar-refractivity contribution in [1.82, 2.24) is 25.1 Å². The molecular formula is C23H26N8O2. The monoisotopic (exact) mass is 446 g/mol. The largest absolute Gasteiger partial charge is 0.383 e. The minimum Gasteiger partial charge on any atom is -0.383 e. The number of hydrogen-bond acceptors (Lipinski definition) is 8. The first-order valence-corrected chi connectivity index (χ1v) is 10.3. The molecule has 1 unspecified atom stereocenters. The number of rotatable bonds is 4. The van der Waals surface area contributed by atoms with Crippen LogP contribution in [0.25, 0.3) is 10.9 Å². The molecule has 1 saturated heterocycles. The Balaban J connectivity index is 0.000000218. The Morgan fingerprint density at radius 1 is 1.39 bits per heavy atom. The third-order valence-electron chi connectivity index (χ3n) is 5.12. The van der Waals surface area contributed by atoms with Gasteiger partial charge in [0.05, 0.1) is 29.9 Å². The summed E-state index contributed by atoms with van der Waals surface area (Å²) in [5.74, 6) is 5.91. The molecule has 33 heavy (non-hydrogen) atoms. The second kappa shape index (κ2) is 10.9. The van der Waals surface area contributed by atoms with Crippen molar-refractivity contribution in [2.45, 2.75) is 18.9 Å². The van der Waals surface area contributed by atoms with Crippen LogP contribution < -0.4 is 11.5 Å². The van der Waals surface area contributed by atoms with Crippen LogP contribution >= 0.6 is 0 Å². The Morgan fingerprint density at radius 2 is 2.15 bits per heavy atom. The van der Waals surface area contributed by atoms with Gasteiger partial charge in [0.1, 0.15) is 23.7 Å². The zero-order valence-electron chi connectivity index (χ0n) is 18.3. The summed E-state index contributed by atoms with van der Waals surface area (Å²) in [4.78, 5) is 20.7. The molecule has 2 aromatic heterocycles. The Bertz CT molecular complexity index is 1200. The van der Waals surface area contributed by atoms with Gasteiger partial charge in [0.25, 0.3) is 0 Å². The van der Waals surface area contributed by atoms with E-state index in [4.69, 9.17) is 21.6 Å². The lowest BCUT2D eigenvalue weighted by Gasteiger charge is -2.22. The van der Waals surface area contributed by atoms with Gasteiger partial charge in [0.15, 0.2) is 0 Å². The van der Waals surface area contributed by atoms with Crippen LogP contribution in [0.4, 0.5) is 11.6 Å². The van der Waals surface area contributed by atoms with E-state index in [1.165, 1.54) is 12.4 Å². The van der Waals surface area contributed by atoms with E-state index < -0.39 is 0 Å². The minimum absolute atomic E-state index is 0.0182. The van der Waals surface area contributed by atoms with E-state index in [-0.39, 0.29) is 34.9 Å². The number of benzene rings is 1. The molecule has 1 atom stereocenters. The average Bonchev–Trinajstić information content (AvgIpc) is 3.47. The van der Waals surface area contributed by atoms with Gasteiger partial charge in [-0.05, 0) is 43.0 Å². The van der Waals surface area contributed by atoms with Gasteiger partial charge < -0.3 is 21.1 Å². The number of carbonyl (C=O) groups excluding carboxylic acids is 1. The predicted octanol–water partition coefficient (Wildman–Crippen LogP) is 1.75. The number of nitrogens with two attached hydrogens (primary N) is 2. The Labute approximate surface area is 191 Å². The molecule has 6 N–H and O–H groups in total. The summed E-state index contributed by atoms with van der Waals surface area (Å²) in [7, 11) is 1.66.